The molecule has 1 aliphatic heterocycles. The highest BCUT2D eigenvalue weighted by Crippen LogP contribution is 2.33. The number of carboxylic acid groups (broad SMARTS) is 1. The number of rotatable bonds is 8. The Morgan fingerprint density at radius 2 is 1.97 bits per heavy atom. The molecule has 1 heterocycles. The Bertz CT molecular complexity index is 1040. The molecule has 9 nitrogen and oxygen atoms in total. The van der Waals surface area contributed by atoms with E-state index < -0.39 is 17.9 Å². The van der Waals surface area contributed by atoms with Crippen molar-refractivity contribution in [2.45, 2.75) is 51.2 Å². The summed E-state index contributed by atoms with van der Waals surface area (Å²) < 4.78 is 5.58. The molecule has 34 heavy (non-hydrogen) atoms. The Balaban J connectivity index is 1.69. The van der Waals surface area contributed by atoms with Gasteiger partial charge in [-0.05, 0) is 62.4 Å². The fraction of sp³-hybridized carbons (Fsp3) is 0.400. The van der Waals surface area contributed by atoms with Crippen LogP contribution in [-0.4, -0.2) is 48.7 Å². The summed E-state index contributed by atoms with van der Waals surface area (Å²) in [6.07, 6.45) is 3.68. The number of hydrogen-bond acceptors (Lipinski definition) is 6. The van der Waals surface area contributed by atoms with Crippen LogP contribution in [0, 0.1) is 0 Å². The number of carbonyl (C=O) groups excluding carboxylic acids is 1. The molecule has 0 aliphatic carbocycles. The van der Waals surface area contributed by atoms with Gasteiger partial charge in [-0.2, -0.15) is 0 Å². The first-order chi connectivity index (χ1) is 16.3. The summed E-state index contributed by atoms with van der Waals surface area (Å²) in [5.74, 6) is -0.738. The number of anilines is 1. The minimum Gasteiger partial charge on any atom is -0.496 e. The lowest BCUT2D eigenvalue weighted by Crippen LogP contribution is -2.38. The Morgan fingerprint density at radius 3 is 2.62 bits per heavy atom. The van der Waals surface area contributed by atoms with E-state index in [4.69, 9.17) is 21.3 Å². The zero-order chi connectivity index (χ0) is 24.7. The number of guanidine groups is 1. The van der Waals surface area contributed by atoms with Crippen LogP contribution in [0.4, 0.5) is 5.69 Å². The Hall–Kier alpha value is -3.59. The Labute approximate surface area is 199 Å². The van der Waals surface area contributed by atoms with Crippen LogP contribution in [0.15, 0.2) is 47.5 Å². The molecule has 182 valence electrons. The average molecular weight is 468 g/mol. The largest absolute Gasteiger partial charge is 0.496 e. The minimum absolute atomic E-state index is 0.00512. The van der Waals surface area contributed by atoms with E-state index in [1.54, 1.807) is 31.4 Å². The standard InChI is InChI=1S/C25H33N5O4/c1-16-6-3-4-13-30(16)21-7-5-8-22(34-2)19(21)15-28-25(27)29-23(31)18-11-9-17(10-12-18)14-20(26)24(32)33/h5,7-12,16,20H,3-4,6,13-15,26H2,1-2H3,(H,32,33)(H3,27,28,29,31). The van der Waals surface area contributed by atoms with Crippen molar-refractivity contribution in [1.82, 2.24) is 5.32 Å². The van der Waals surface area contributed by atoms with Gasteiger partial charge in [-0.25, -0.2) is 4.99 Å². The van der Waals surface area contributed by atoms with E-state index in [0.29, 0.717) is 11.6 Å². The second kappa shape index (κ2) is 11.5. The van der Waals surface area contributed by atoms with E-state index in [0.717, 1.165) is 42.0 Å². The number of benzene rings is 2. The van der Waals surface area contributed by atoms with Crippen molar-refractivity contribution in [3.05, 3.63) is 59.2 Å². The van der Waals surface area contributed by atoms with Crippen molar-refractivity contribution in [2.75, 3.05) is 18.6 Å². The van der Waals surface area contributed by atoms with E-state index in [-0.39, 0.29) is 18.9 Å². The molecule has 0 bridgehead atoms. The number of nitrogens with one attached hydrogen (secondary N) is 1. The van der Waals surface area contributed by atoms with Crippen LogP contribution < -0.4 is 26.4 Å². The number of nitrogens with two attached hydrogens (primary N) is 2. The number of methoxy groups -OCH3 is 1. The van der Waals surface area contributed by atoms with Crippen molar-refractivity contribution in [3.63, 3.8) is 0 Å². The fourth-order valence-electron chi connectivity index (χ4n) is 4.16. The van der Waals surface area contributed by atoms with Crippen LogP contribution in [0.3, 0.4) is 0 Å². The molecule has 1 amide bonds. The number of nitrogens with zero attached hydrogens (tertiary/aromatic N) is 2. The van der Waals surface area contributed by atoms with Crippen LogP contribution in [0.2, 0.25) is 0 Å². The number of amides is 1. The van der Waals surface area contributed by atoms with Crippen molar-refractivity contribution in [3.8, 4) is 5.75 Å². The molecule has 2 unspecified atom stereocenters. The predicted molar refractivity (Wildman–Crippen MR) is 132 cm³/mol. The first-order valence-corrected chi connectivity index (χ1v) is 11.4. The van der Waals surface area contributed by atoms with Gasteiger partial charge in [-0.3, -0.25) is 14.9 Å². The third kappa shape index (κ3) is 6.26. The lowest BCUT2D eigenvalue weighted by Gasteiger charge is -2.36. The maximum Gasteiger partial charge on any atom is 0.320 e. The number of carboxylic acids is 1. The number of aliphatic imine (C=N–C) groups is 1. The zero-order valence-corrected chi connectivity index (χ0v) is 19.7. The summed E-state index contributed by atoms with van der Waals surface area (Å²) in [5, 5.41) is 11.5. The van der Waals surface area contributed by atoms with E-state index in [1.807, 2.05) is 12.1 Å². The third-order valence-electron chi connectivity index (χ3n) is 6.08. The molecular weight excluding hydrogens is 434 g/mol. The van der Waals surface area contributed by atoms with Crippen LogP contribution in [0.25, 0.3) is 0 Å². The summed E-state index contributed by atoms with van der Waals surface area (Å²) in [5.41, 5.74) is 14.7. The van der Waals surface area contributed by atoms with Crippen molar-refractivity contribution < 1.29 is 19.4 Å². The van der Waals surface area contributed by atoms with Crippen molar-refractivity contribution in [1.29, 1.82) is 0 Å². The van der Waals surface area contributed by atoms with Crippen molar-refractivity contribution >= 4 is 23.5 Å². The SMILES string of the molecule is COc1cccc(N2CCCCC2C)c1CN=C(N)NC(=O)c1ccc(CC(N)C(=O)O)cc1. The number of carbonyl (C=O) groups is 2. The van der Waals surface area contributed by atoms with Crippen LogP contribution in [-0.2, 0) is 17.8 Å². The third-order valence-corrected chi connectivity index (χ3v) is 6.08. The maximum atomic E-state index is 12.6. The monoisotopic (exact) mass is 467 g/mol. The molecule has 2 aromatic rings. The molecule has 0 radical (unpaired) electrons. The van der Waals surface area contributed by atoms with E-state index in [1.165, 1.54) is 6.42 Å². The lowest BCUT2D eigenvalue weighted by atomic mass is 10.0. The van der Waals surface area contributed by atoms with Gasteiger partial charge in [0.25, 0.3) is 5.91 Å². The molecule has 2 atom stereocenters. The topological polar surface area (TPSA) is 143 Å². The van der Waals surface area contributed by atoms with Gasteiger partial charge in [0.15, 0.2) is 5.96 Å². The van der Waals surface area contributed by atoms with E-state index >= 15 is 0 Å². The number of aliphatic carboxylic acids is 1. The maximum absolute atomic E-state index is 12.6. The van der Waals surface area contributed by atoms with Crippen LogP contribution in [0.1, 0.15) is 47.7 Å². The molecule has 0 saturated carbocycles. The normalized spacial score (nSPS) is 17.2. The molecule has 9 heteroatoms. The van der Waals surface area contributed by atoms with Gasteiger partial charge in [0, 0.05) is 29.4 Å². The van der Waals surface area contributed by atoms with Crippen LogP contribution >= 0.6 is 0 Å². The summed E-state index contributed by atoms with van der Waals surface area (Å²) in [6.45, 7) is 3.46. The molecule has 0 spiro atoms. The van der Waals surface area contributed by atoms with Crippen LogP contribution in [0.5, 0.6) is 5.75 Å². The smallest absolute Gasteiger partial charge is 0.320 e. The highest BCUT2D eigenvalue weighted by atomic mass is 16.5. The summed E-state index contributed by atoms with van der Waals surface area (Å²) in [6, 6.07) is 11.9. The molecule has 1 fully saturated rings. The molecule has 1 aliphatic rings. The highest BCUT2D eigenvalue weighted by Gasteiger charge is 2.22. The van der Waals surface area contributed by atoms with E-state index in [9.17, 15) is 9.59 Å². The lowest BCUT2D eigenvalue weighted by molar-refractivity contribution is -0.138. The Kier molecular flexibility index (Phi) is 8.48. The molecule has 0 aromatic heterocycles. The van der Waals surface area contributed by atoms with Gasteiger partial charge >= 0.3 is 5.97 Å². The van der Waals surface area contributed by atoms with Gasteiger partial charge in [0.1, 0.15) is 11.8 Å². The van der Waals surface area contributed by atoms with Gasteiger partial charge in [0.05, 0.1) is 13.7 Å². The minimum atomic E-state index is -1.07. The summed E-state index contributed by atoms with van der Waals surface area (Å²) >= 11 is 0. The highest BCUT2D eigenvalue weighted by molar-refractivity contribution is 6.05. The number of ether oxygens (including phenoxy) is 1. The van der Waals surface area contributed by atoms with Gasteiger partial charge in [0.2, 0.25) is 0 Å². The van der Waals surface area contributed by atoms with E-state index in [2.05, 4.69) is 28.2 Å². The molecule has 3 rings (SSSR count). The van der Waals surface area contributed by atoms with Gasteiger partial charge in [-0.15, -0.1) is 0 Å². The fourth-order valence-corrected chi connectivity index (χ4v) is 4.16. The average Bonchev–Trinajstić information content (AvgIpc) is 2.83. The van der Waals surface area contributed by atoms with Crippen molar-refractivity contribution in [2.24, 2.45) is 16.5 Å². The first-order valence-electron chi connectivity index (χ1n) is 11.4. The Morgan fingerprint density at radius 1 is 1.24 bits per heavy atom. The number of piperidine rings is 1. The first kappa shape index (κ1) is 25.0. The van der Waals surface area contributed by atoms with Gasteiger partial charge in [-0.1, -0.05) is 18.2 Å². The predicted octanol–water partition coefficient (Wildman–Crippen LogP) is 2.27. The summed E-state index contributed by atoms with van der Waals surface area (Å²) in [7, 11) is 1.63. The number of hydrogen-bond donors (Lipinski definition) is 4. The second-order valence-corrected chi connectivity index (χ2v) is 8.50. The molecule has 6 N–H and O–H groups in total. The zero-order valence-electron chi connectivity index (χ0n) is 19.7. The van der Waals surface area contributed by atoms with Gasteiger partial charge < -0.3 is 26.2 Å². The molecular formula is C25H33N5O4. The second-order valence-electron chi connectivity index (χ2n) is 8.50. The summed E-state index contributed by atoms with van der Waals surface area (Å²) in [4.78, 5) is 30.2. The quantitative estimate of drug-likeness (QED) is 0.344. The molecule has 2 aromatic carbocycles. The molecule has 1 saturated heterocycles.